The molecule has 88 valence electrons. The van der Waals surface area contributed by atoms with Gasteiger partial charge in [0.1, 0.15) is 5.78 Å². The topological polar surface area (TPSA) is 88.5 Å². The van der Waals surface area contributed by atoms with Gasteiger partial charge in [0.05, 0.1) is 6.42 Å². The van der Waals surface area contributed by atoms with Gasteiger partial charge >= 0.3 is 10.1 Å². The van der Waals surface area contributed by atoms with Gasteiger partial charge in [-0.05, 0) is 6.92 Å². The summed E-state index contributed by atoms with van der Waals surface area (Å²) in [6.07, 6.45) is -1.16. The molecule has 5 nitrogen and oxygen atoms in total. The summed E-state index contributed by atoms with van der Waals surface area (Å²) in [6, 6.07) is 0. The van der Waals surface area contributed by atoms with Crippen LogP contribution in [0.4, 0.5) is 4.39 Å². The lowest BCUT2D eigenvalue weighted by Crippen LogP contribution is -2.45. The number of rotatable bonds is 5. The Bertz CT molecular complexity index is 372. The minimum absolute atomic E-state index is 0.830. The van der Waals surface area contributed by atoms with Crippen molar-refractivity contribution in [3.63, 3.8) is 0 Å². The average Bonchev–Trinajstić information content (AvgIpc) is 1.99. The third-order valence-corrected chi connectivity index (χ3v) is 2.94. The fourth-order valence-corrected chi connectivity index (χ4v) is 1.93. The minimum atomic E-state index is -5.24. The highest BCUT2D eigenvalue weighted by Gasteiger charge is 2.52. The quantitative estimate of drug-likeness (QED) is 0.716. The first-order chi connectivity index (χ1) is 6.52. The molecule has 0 saturated carbocycles. The van der Waals surface area contributed by atoms with Crippen molar-refractivity contribution in [1.29, 1.82) is 0 Å². The third-order valence-electron chi connectivity index (χ3n) is 1.78. The molecule has 0 aromatic carbocycles. The third kappa shape index (κ3) is 3.07. The van der Waals surface area contributed by atoms with E-state index >= 15 is 0 Å². The van der Waals surface area contributed by atoms with Crippen LogP contribution in [-0.2, 0) is 19.7 Å². The molecule has 0 aromatic heterocycles. The van der Waals surface area contributed by atoms with Crippen molar-refractivity contribution >= 4 is 21.7 Å². The van der Waals surface area contributed by atoms with Crippen LogP contribution < -0.4 is 0 Å². The van der Waals surface area contributed by atoms with Gasteiger partial charge in [0.25, 0.3) is 5.00 Å². The lowest BCUT2D eigenvalue weighted by atomic mass is 10.0. The highest BCUT2D eigenvalue weighted by Crippen LogP contribution is 2.27. The molecule has 0 aliphatic rings. The number of alkyl halides is 1. The van der Waals surface area contributed by atoms with E-state index in [1.807, 2.05) is 0 Å². The summed E-state index contributed by atoms with van der Waals surface area (Å²) < 4.78 is 43.9. The molecule has 0 aromatic rings. The van der Waals surface area contributed by atoms with Gasteiger partial charge in [0.15, 0.2) is 5.78 Å². The van der Waals surface area contributed by atoms with Crippen LogP contribution in [0, 0.1) is 5.92 Å². The van der Waals surface area contributed by atoms with Gasteiger partial charge in [-0.3, -0.25) is 14.1 Å². The zero-order valence-corrected chi connectivity index (χ0v) is 9.47. The van der Waals surface area contributed by atoms with Gasteiger partial charge in [0, 0.05) is 5.92 Å². The number of Topliss-reactive ketones (excluding diaryl/α,β-unsaturated/α-hetero) is 2. The molecule has 15 heavy (non-hydrogen) atoms. The zero-order chi connectivity index (χ0) is 12.4. The van der Waals surface area contributed by atoms with E-state index in [4.69, 9.17) is 4.55 Å². The number of carbonyl (C=O) groups excluding carboxylic acids is 2. The molecule has 0 amide bonds. The summed E-state index contributed by atoms with van der Waals surface area (Å²) in [5.74, 6) is -3.08. The standard InChI is InChI=1S/C8H13FO5S/c1-5(2)7(11)8(9,4-6(3)10)15(12,13)14/h5H,4H2,1-3H3,(H,12,13,14). The van der Waals surface area contributed by atoms with Crippen LogP contribution in [0.5, 0.6) is 0 Å². The number of hydrogen-bond donors (Lipinski definition) is 1. The van der Waals surface area contributed by atoms with E-state index < -0.39 is 39.0 Å². The van der Waals surface area contributed by atoms with E-state index in [1.54, 1.807) is 0 Å². The van der Waals surface area contributed by atoms with Crippen LogP contribution in [0.1, 0.15) is 27.2 Å². The van der Waals surface area contributed by atoms with E-state index in [9.17, 15) is 22.4 Å². The van der Waals surface area contributed by atoms with Gasteiger partial charge in [-0.15, -0.1) is 0 Å². The molecule has 7 heteroatoms. The van der Waals surface area contributed by atoms with Crippen LogP contribution in [0.3, 0.4) is 0 Å². The molecule has 0 spiro atoms. The fraction of sp³-hybridized carbons (Fsp3) is 0.750. The number of carbonyl (C=O) groups is 2. The van der Waals surface area contributed by atoms with Crippen molar-refractivity contribution in [2.75, 3.05) is 0 Å². The monoisotopic (exact) mass is 240 g/mol. The molecule has 0 radical (unpaired) electrons. The van der Waals surface area contributed by atoms with Crippen LogP contribution in [0.15, 0.2) is 0 Å². The molecular formula is C8H13FO5S. The second-order valence-corrected chi connectivity index (χ2v) is 5.20. The lowest BCUT2D eigenvalue weighted by molar-refractivity contribution is -0.133. The Morgan fingerprint density at radius 1 is 1.40 bits per heavy atom. The first-order valence-corrected chi connectivity index (χ1v) is 5.66. The Morgan fingerprint density at radius 3 is 2.00 bits per heavy atom. The Kier molecular flexibility index (Phi) is 4.12. The highest BCUT2D eigenvalue weighted by atomic mass is 32.2. The van der Waals surface area contributed by atoms with E-state index in [-0.39, 0.29) is 0 Å². The van der Waals surface area contributed by atoms with Crippen LogP contribution >= 0.6 is 0 Å². The zero-order valence-electron chi connectivity index (χ0n) is 8.65. The maximum atomic E-state index is 13.8. The van der Waals surface area contributed by atoms with Crippen LogP contribution in [0.2, 0.25) is 0 Å². The summed E-state index contributed by atoms with van der Waals surface area (Å²) in [4.78, 5) is 21.9. The van der Waals surface area contributed by atoms with Gasteiger partial charge in [-0.1, -0.05) is 13.8 Å². The predicted octanol–water partition coefficient (Wildman–Crippen LogP) is 0.744. The molecular weight excluding hydrogens is 227 g/mol. The SMILES string of the molecule is CC(=O)CC(F)(C(=O)C(C)C)S(=O)(=O)O. The van der Waals surface area contributed by atoms with Crippen molar-refractivity contribution in [2.24, 2.45) is 5.92 Å². The summed E-state index contributed by atoms with van der Waals surface area (Å²) in [6.45, 7) is 3.50. The molecule has 0 aliphatic carbocycles. The molecule has 1 N–H and O–H groups in total. The summed E-state index contributed by atoms with van der Waals surface area (Å²) >= 11 is 0. The molecule has 1 unspecified atom stereocenters. The Hall–Kier alpha value is -0.820. The summed E-state index contributed by atoms with van der Waals surface area (Å²) in [5.41, 5.74) is 0. The first-order valence-electron chi connectivity index (χ1n) is 4.22. The van der Waals surface area contributed by atoms with Gasteiger partial charge in [-0.2, -0.15) is 8.42 Å². The smallest absolute Gasteiger partial charge is 0.300 e. The minimum Gasteiger partial charge on any atom is -0.300 e. The van der Waals surface area contributed by atoms with Gasteiger partial charge in [-0.25, -0.2) is 4.39 Å². The van der Waals surface area contributed by atoms with Crippen molar-refractivity contribution in [1.82, 2.24) is 0 Å². The van der Waals surface area contributed by atoms with Crippen molar-refractivity contribution < 1.29 is 27.0 Å². The molecule has 0 saturated heterocycles. The van der Waals surface area contributed by atoms with E-state index in [1.165, 1.54) is 13.8 Å². The van der Waals surface area contributed by atoms with Gasteiger partial charge in [0.2, 0.25) is 0 Å². The van der Waals surface area contributed by atoms with Crippen LogP contribution in [-0.4, -0.2) is 29.5 Å². The normalized spacial score (nSPS) is 16.1. The largest absolute Gasteiger partial charge is 0.308 e. The Labute approximate surface area is 87.4 Å². The second kappa shape index (κ2) is 4.36. The summed E-state index contributed by atoms with van der Waals surface area (Å²) in [7, 11) is -5.24. The summed E-state index contributed by atoms with van der Waals surface area (Å²) in [5, 5.41) is -3.52. The van der Waals surface area contributed by atoms with Crippen molar-refractivity contribution in [2.45, 2.75) is 32.2 Å². The second-order valence-electron chi connectivity index (χ2n) is 3.60. The average molecular weight is 240 g/mol. The number of hydrogen-bond acceptors (Lipinski definition) is 4. The number of ketones is 2. The molecule has 0 bridgehead atoms. The molecule has 0 fully saturated rings. The maximum absolute atomic E-state index is 13.8. The first kappa shape index (κ1) is 14.2. The van der Waals surface area contributed by atoms with Crippen LogP contribution in [0.25, 0.3) is 0 Å². The molecule has 0 heterocycles. The lowest BCUT2D eigenvalue weighted by Gasteiger charge is -2.21. The van der Waals surface area contributed by atoms with Crippen molar-refractivity contribution in [3.8, 4) is 0 Å². The Balaban J connectivity index is 5.42. The molecule has 0 aliphatic heterocycles. The van der Waals surface area contributed by atoms with Crippen molar-refractivity contribution in [3.05, 3.63) is 0 Å². The highest BCUT2D eigenvalue weighted by molar-refractivity contribution is 7.88. The molecule has 1 atom stereocenters. The predicted molar refractivity (Wildman–Crippen MR) is 50.5 cm³/mol. The fourth-order valence-electron chi connectivity index (χ4n) is 1.06. The number of halogens is 1. The van der Waals surface area contributed by atoms with E-state index in [0.717, 1.165) is 6.92 Å². The molecule has 0 rings (SSSR count). The van der Waals surface area contributed by atoms with Gasteiger partial charge < -0.3 is 0 Å². The maximum Gasteiger partial charge on any atom is 0.308 e. The Morgan fingerprint density at radius 2 is 1.80 bits per heavy atom. The van der Waals surface area contributed by atoms with E-state index in [0.29, 0.717) is 0 Å². The van der Waals surface area contributed by atoms with E-state index in [2.05, 4.69) is 0 Å².